The van der Waals surface area contributed by atoms with Gasteiger partial charge in [-0.1, -0.05) is 17.3 Å². The fourth-order valence-corrected chi connectivity index (χ4v) is 3.09. The maximum atomic E-state index is 9.40. The molecule has 0 spiro atoms. The number of phenolic OH excluding ortho intramolecular Hbond substituents is 1. The zero-order valence-corrected chi connectivity index (χ0v) is 9.98. The molecule has 5 heteroatoms. The van der Waals surface area contributed by atoms with Crippen molar-refractivity contribution in [2.24, 2.45) is 0 Å². The third-order valence-corrected chi connectivity index (χ3v) is 4.12. The van der Waals surface area contributed by atoms with Crippen molar-refractivity contribution in [1.29, 1.82) is 0 Å². The monoisotopic (exact) mass is 248 g/mol. The summed E-state index contributed by atoms with van der Waals surface area (Å²) >= 11 is 1.86. The van der Waals surface area contributed by atoms with Gasteiger partial charge in [-0.2, -0.15) is 4.98 Å². The molecule has 88 valence electrons. The van der Waals surface area contributed by atoms with Gasteiger partial charge in [0.1, 0.15) is 5.75 Å². The topological polar surface area (TPSA) is 59.2 Å². The Hall–Kier alpha value is -1.49. The molecule has 1 aromatic heterocycles. The predicted octanol–water partition coefficient (Wildman–Crippen LogP) is 3.01. The largest absolute Gasteiger partial charge is 0.508 e. The van der Waals surface area contributed by atoms with Crippen molar-refractivity contribution in [2.75, 3.05) is 5.75 Å². The van der Waals surface area contributed by atoms with E-state index in [1.165, 1.54) is 6.42 Å². The number of hydrogen-bond acceptors (Lipinski definition) is 5. The van der Waals surface area contributed by atoms with Gasteiger partial charge < -0.3 is 9.63 Å². The van der Waals surface area contributed by atoms with Gasteiger partial charge in [0.2, 0.25) is 11.7 Å². The van der Waals surface area contributed by atoms with Crippen LogP contribution in [-0.2, 0) is 0 Å². The normalized spacial score (nSPS) is 19.6. The standard InChI is InChI=1S/C12H12N2O2S/c15-9-4-1-3-8(7-9)11-13-12(16-14-11)10-5-2-6-17-10/h1,3-4,7,10,15H,2,5-6H2. The molecule has 4 nitrogen and oxygen atoms in total. The van der Waals surface area contributed by atoms with Crippen LogP contribution in [-0.4, -0.2) is 21.0 Å². The van der Waals surface area contributed by atoms with E-state index in [1.54, 1.807) is 18.2 Å². The molecule has 1 aliphatic rings. The molecule has 1 saturated heterocycles. The zero-order chi connectivity index (χ0) is 11.7. The molecule has 0 aliphatic carbocycles. The van der Waals surface area contributed by atoms with Gasteiger partial charge in [-0.25, -0.2) is 0 Å². The van der Waals surface area contributed by atoms with E-state index >= 15 is 0 Å². The van der Waals surface area contributed by atoms with Crippen molar-refractivity contribution in [2.45, 2.75) is 18.1 Å². The molecule has 1 unspecified atom stereocenters. The van der Waals surface area contributed by atoms with E-state index in [1.807, 2.05) is 17.8 Å². The Balaban J connectivity index is 1.89. The molecule has 3 rings (SSSR count). The second kappa shape index (κ2) is 4.41. The highest BCUT2D eigenvalue weighted by atomic mass is 32.2. The molecule has 2 heterocycles. The van der Waals surface area contributed by atoms with E-state index in [9.17, 15) is 5.11 Å². The number of thioether (sulfide) groups is 1. The number of nitrogens with zero attached hydrogens (tertiary/aromatic N) is 2. The second-order valence-corrected chi connectivity index (χ2v) is 5.32. The lowest BCUT2D eigenvalue weighted by molar-refractivity contribution is 0.375. The average Bonchev–Trinajstić information content (AvgIpc) is 3.00. The third-order valence-electron chi connectivity index (χ3n) is 2.75. The lowest BCUT2D eigenvalue weighted by atomic mass is 10.2. The number of hydrogen-bond donors (Lipinski definition) is 1. The number of aromatic hydroxyl groups is 1. The Morgan fingerprint density at radius 1 is 1.41 bits per heavy atom. The van der Waals surface area contributed by atoms with Gasteiger partial charge in [-0.15, -0.1) is 11.8 Å². The summed E-state index contributed by atoms with van der Waals surface area (Å²) < 4.78 is 5.28. The van der Waals surface area contributed by atoms with Gasteiger partial charge in [-0.05, 0) is 30.7 Å². The molecule has 0 radical (unpaired) electrons. The first-order valence-electron chi connectivity index (χ1n) is 5.57. The highest BCUT2D eigenvalue weighted by molar-refractivity contribution is 7.99. The quantitative estimate of drug-likeness (QED) is 0.885. The van der Waals surface area contributed by atoms with Crippen molar-refractivity contribution in [3.8, 4) is 17.1 Å². The minimum Gasteiger partial charge on any atom is -0.508 e. The molecular weight excluding hydrogens is 236 g/mol. The summed E-state index contributed by atoms with van der Waals surface area (Å²) in [6, 6.07) is 6.88. The van der Waals surface area contributed by atoms with Crippen molar-refractivity contribution < 1.29 is 9.63 Å². The van der Waals surface area contributed by atoms with Crippen LogP contribution >= 0.6 is 11.8 Å². The smallest absolute Gasteiger partial charge is 0.240 e. The lowest BCUT2D eigenvalue weighted by Gasteiger charge is -1.99. The van der Waals surface area contributed by atoms with Gasteiger partial charge >= 0.3 is 0 Å². The van der Waals surface area contributed by atoms with E-state index in [0.29, 0.717) is 17.0 Å². The summed E-state index contributed by atoms with van der Waals surface area (Å²) in [5.74, 6) is 2.62. The molecule has 0 amide bonds. The van der Waals surface area contributed by atoms with Crippen molar-refractivity contribution in [3.63, 3.8) is 0 Å². The molecule has 1 fully saturated rings. The highest BCUT2D eigenvalue weighted by Crippen LogP contribution is 2.39. The molecule has 1 aliphatic heterocycles. The van der Waals surface area contributed by atoms with E-state index in [4.69, 9.17) is 4.52 Å². The van der Waals surface area contributed by atoms with Crippen LogP contribution in [0.3, 0.4) is 0 Å². The highest BCUT2D eigenvalue weighted by Gasteiger charge is 2.23. The molecule has 2 aromatic rings. The van der Waals surface area contributed by atoms with Gasteiger partial charge in [0.25, 0.3) is 0 Å². The second-order valence-electron chi connectivity index (χ2n) is 4.01. The van der Waals surface area contributed by atoms with Crippen LogP contribution in [0, 0.1) is 0 Å². The molecule has 1 N–H and O–H groups in total. The van der Waals surface area contributed by atoms with Gasteiger partial charge in [0.15, 0.2) is 0 Å². The summed E-state index contributed by atoms with van der Waals surface area (Å²) in [6.07, 6.45) is 2.31. The minimum atomic E-state index is 0.212. The van der Waals surface area contributed by atoms with Crippen LogP contribution < -0.4 is 0 Å². The predicted molar refractivity (Wildman–Crippen MR) is 65.8 cm³/mol. The summed E-state index contributed by atoms with van der Waals surface area (Å²) in [5, 5.41) is 13.7. The Kier molecular flexibility index (Phi) is 2.76. The van der Waals surface area contributed by atoms with E-state index in [0.717, 1.165) is 17.7 Å². The number of phenols is 1. The van der Waals surface area contributed by atoms with Crippen LogP contribution in [0.2, 0.25) is 0 Å². The molecule has 0 bridgehead atoms. The minimum absolute atomic E-state index is 0.212. The summed E-state index contributed by atoms with van der Waals surface area (Å²) in [4.78, 5) is 4.39. The van der Waals surface area contributed by atoms with Crippen LogP contribution in [0.15, 0.2) is 28.8 Å². The molecule has 1 aromatic carbocycles. The van der Waals surface area contributed by atoms with Crippen LogP contribution in [0.1, 0.15) is 24.0 Å². The third kappa shape index (κ3) is 2.15. The first kappa shape index (κ1) is 10.7. The molecule has 1 atom stereocenters. The zero-order valence-electron chi connectivity index (χ0n) is 9.17. The fourth-order valence-electron chi connectivity index (χ4n) is 1.90. The van der Waals surface area contributed by atoms with Crippen LogP contribution in [0.4, 0.5) is 0 Å². The number of benzene rings is 1. The Morgan fingerprint density at radius 2 is 2.35 bits per heavy atom. The van der Waals surface area contributed by atoms with Crippen LogP contribution in [0.5, 0.6) is 5.75 Å². The first-order valence-corrected chi connectivity index (χ1v) is 6.62. The average molecular weight is 248 g/mol. The van der Waals surface area contributed by atoms with E-state index in [-0.39, 0.29) is 5.75 Å². The van der Waals surface area contributed by atoms with Gasteiger partial charge in [-0.3, -0.25) is 0 Å². The number of rotatable bonds is 2. The van der Waals surface area contributed by atoms with Crippen LogP contribution in [0.25, 0.3) is 11.4 Å². The lowest BCUT2D eigenvalue weighted by Crippen LogP contribution is -1.88. The first-order chi connectivity index (χ1) is 8.33. The summed E-state index contributed by atoms with van der Waals surface area (Å²) in [6.45, 7) is 0. The van der Waals surface area contributed by atoms with E-state index in [2.05, 4.69) is 10.1 Å². The van der Waals surface area contributed by atoms with Gasteiger partial charge in [0.05, 0.1) is 5.25 Å². The number of aromatic nitrogens is 2. The van der Waals surface area contributed by atoms with Crippen molar-refractivity contribution >= 4 is 11.8 Å². The molecular formula is C12H12N2O2S. The van der Waals surface area contributed by atoms with Crippen molar-refractivity contribution in [3.05, 3.63) is 30.2 Å². The van der Waals surface area contributed by atoms with Crippen molar-refractivity contribution in [1.82, 2.24) is 10.1 Å². The maximum absolute atomic E-state index is 9.40. The Labute approximate surface area is 103 Å². The SMILES string of the molecule is Oc1cccc(-c2noc(C3CCCS3)n2)c1. The molecule has 17 heavy (non-hydrogen) atoms. The Morgan fingerprint density at radius 3 is 3.12 bits per heavy atom. The van der Waals surface area contributed by atoms with E-state index < -0.39 is 0 Å². The fraction of sp³-hybridized carbons (Fsp3) is 0.333. The summed E-state index contributed by atoms with van der Waals surface area (Å²) in [7, 11) is 0. The molecule has 0 saturated carbocycles. The summed E-state index contributed by atoms with van der Waals surface area (Å²) in [5.41, 5.74) is 0.781. The van der Waals surface area contributed by atoms with Gasteiger partial charge in [0, 0.05) is 5.56 Å². The Bertz CT molecular complexity index is 521. The maximum Gasteiger partial charge on any atom is 0.240 e.